The number of carbonyl (C=O) groups excluding carboxylic acids is 2. The maximum absolute atomic E-state index is 12.2. The average molecular weight is 297 g/mol. The van der Waals surface area contributed by atoms with Crippen LogP contribution in [0.25, 0.3) is 0 Å². The van der Waals surface area contributed by atoms with Gasteiger partial charge in [0.1, 0.15) is 0 Å². The molecule has 0 bridgehead atoms. The van der Waals surface area contributed by atoms with E-state index < -0.39 is 0 Å². The van der Waals surface area contributed by atoms with Crippen molar-refractivity contribution in [1.82, 2.24) is 15.5 Å². The summed E-state index contributed by atoms with van der Waals surface area (Å²) in [4.78, 5) is 25.9. The van der Waals surface area contributed by atoms with Crippen molar-refractivity contribution in [3.8, 4) is 0 Å². The third kappa shape index (κ3) is 6.57. The van der Waals surface area contributed by atoms with E-state index in [9.17, 15) is 9.59 Å². The third-order valence-corrected chi connectivity index (χ3v) is 4.21. The van der Waals surface area contributed by atoms with Crippen molar-refractivity contribution >= 4 is 11.7 Å². The average Bonchev–Trinajstić information content (AvgIpc) is 2.44. The van der Waals surface area contributed by atoms with Gasteiger partial charge in [0.25, 0.3) is 0 Å². The quantitative estimate of drug-likeness (QED) is 0.703. The highest BCUT2D eigenvalue weighted by molar-refractivity contribution is 5.88. The summed E-state index contributed by atoms with van der Waals surface area (Å²) in [5.74, 6) is 0.790. The molecule has 1 aliphatic rings. The zero-order chi connectivity index (χ0) is 15.8. The monoisotopic (exact) mass is 297 g/mol. The number of hydrogen-bond donors (Lipinski definition) is 2. The molecule has 1 rings (SSSR count). The molecular formula is C16H31N3O2. The smallest absolute Gasteiger partial charge is 0.234 e. The Morgan fingerprint density at radius 1 is 1.29 bits per heavy atom. The van der Waals surface area contributed by atoms with Crippen LogP contribution in [-0.4, -0.2) is 55.4 Å². The van der Waals surface area contributed by atoms with Crippen molar-refractivity contribution in [2.75, 3.05) is 32.7 Å². The van der Waals surface area contributed by atoms with E-state index in [1.165, 1.54) is 19.8 Å². The van der Waals surface area contributed by atoms with Gasteiger partial charge < -0.3 is 10.6 Å². The molecule has 2 N–H and O–H groups in total. The molecule has 5 nitrogen and oxygen atoms in total. The van der Waals surface area contributed by atoms with E-state index in [0.29, 0.717) is 12.5 Å². The Bertz CT molecular complexity index is 338. The summed E-state index contributed by atoms with van der Waals surface area (Å²) in [6, 6.07) is -0.366. The van der Waals surface area contributed by atoms with Gasteiger partial charge in [-0.15, -0.1) is 0 Å². The van der Waals surface area contributed by atoms with E-state index in [0.717, 1.165) is 26.2 Å². The summed E-state index contributed by atoms with van der Waals surface area (Å²) in [6.07, 6.45) is 2.36. The summed E-state index contributed by atoms with van der Waals surface area (Å²) in [5, 5.41) is 6.24. The third-order valence-electron chi connectivity index (χ3n) is 4.21. The predicted molar refractivity (Wildman–Crippen MR) is 85.2 cm³/mol. The predicted octanol–water partition coefficient (Wildman–Crippen LogP) is 1.04. The Morgan fingerprint density at radius 3 is 2.38 bits per heavy atom. The number of nitrogens with zero attached hydrogens (tertiary/aromatic N) is 1. The first kappa shape index (κ1) is 18.1. The van der Waals surface area contributed by atoms with Crippen molar-refractivity contribution < 1.29 is 9.59 Å². The lowest BCUT2D eigenvalue weighted by molar-refractivity contribution is -0.128. The molecule has 21 heavy (non-hydrogen) atoms. The summed E-state index contributed by atoms with van der Waals surface area (Å²) >= 11 is 0. The topological polar surface area (TPSA) is 61.4 Å². The number of rotatable bonds is 8. The van der Waals surface area contributed by atoms with Crippen molar-refractivity contribution in [2.24, 2.45) is 11.8 Å². The highest BCUT2D eigenvalue weighted by Crippen LogP contribution is 2.13. The number of likely N-dealkylation sites (N-methyl/N-ethyl adjacent to an activating group) is 1. The van der Waals surface area contributed by atoms with Gasteiger partial charge in [-0.3, -0.25) is 14.5 Å². The summed E-state index contributed by atoms with van der Waals surface area (Å²) in [7, 11) is 0. The molecule has 0 radical (unpaired) electrons. The lowest BCUT2D eigenvalue weighted by atomic mass is 9.97. The number of ketones is 1. The molecule has 122 valence electrons. The van der Waals surface area contributed by atoms with Crippen LogP contribution in [0.5, 0.6) is 0 Å². The normalized spacial score (nSPS) is 18.0. The molecular weight excluding hydrogens is 266 g/mol. The Labute approximate surface area is 128 Å². The van der Waals surface area contributed by atoms with Gasteiger partial charge >= 0.3 is 0 Å². The Balaban J connectivity index is 2.43. The summed E-state index contributed by atoms with van der Waals surface area (Å²) in [5.41, 5.74) is 0. The SMILES string of the molecule is CCN(CC(=O)NC(C(C)=O)C(C)C)CC1CCNCC1. The van der Waals surface area contributed by atoms with Gasteiger partial charge in [0.2, 0.25) is 5.91 Å². The molecule has 1 saturated heterocycles. The van der Waals surface area contributed by atoms with E-state index in [-0.39, 0.29) is 23.7 Å². The second kappa shape index (κ2) is 9.15. The minimum absolute atomic E-state index is 0.0275. The molecule has 1 heterocycles. The van der Waals surface area contributed by atoms with Crippen LogP contribution in [0, 0.1) is 11.8 Å². The number of amides is 1. The van der Waals surface area contributed by atoms with Gasteiger partial charge in [0, 0.05) is 6.54 Å². The minimum Gasteiger partial charge on any atom is -0.345 e. The molecule has 1 amide bonds. The molecule has 1 atom stereocenters. The molecule has 0 aliphatic carbocycles. The number of hydrogen-bond acceptors (Lipinski definition) is 4. The van der Waals surface area contributed by atoms with Crippen LogP contribution in [0.2, 0.25) is 0 Å². The van der Waals surface area contributed by atoms with E-state index in [1.807, 2.05) is 13.8 Å². The van der Waals surface area contributed by atoms with Gasteiger partial charge in [-0.05, 0) is 51.2 Å². The maximum Gasteiger partial charge on any atom is 0.234 e. The van der Waals surface area contributed by atoms with Crippen LogP contribution in [0.15, 0.2) is 0 Å². The van der Waals surface area contributed by atoms with Gasteiger partial charge in [-0.1, -0.05) is 20.8 Å². The lowest BCUT2D eigenvalue weighted by Crippen LogP contribution is -2.48. The van der Waals surface area contributed by atoms with E-state index >= 15 is 0 Å². The fourth-order valence-corrected chi connectivity index (χ4v) is 2.89. The first-order valence-corrected chi connectivity index (χ1v) is 8.16. The Morgan fingerprint density at radius 2 is 1.90 bits per heavy atom. The molecule has 0 aromatic carbocycles. The second-order valence-electron chi connectivity index (χ2n) is 6.42. The molecule has 0 aromatic rings. The van der Waals surface area contributed by atoms with Crippen LogP contribution < -0.4 is 10.6 Å². The second-order valence-corrected chi connectivity index (χ2v) is 6.42. The van der Waals surface area contributed by atoms with Crippen LogP contribution in [0.3, 0.4) is 0 Å². The Hall–Kier alpha value is -0.940. The van der Waals surface area contributed by atoms with Gasteiger partial charge in [0.05, 0.1) is 12.6 Å². The number of carbonyl (C=O) groups is 2. The largest absolute Gasteiger partial charge is 0.345 e. The number of piperidine rings is 1. The van der Waals surface area contributed by atoms with Gasteiger partial charge in [-0.2, -0.15) is 0 Å². The highest BCUT2D eigenvalue weighted by atomic mass is 16.2. The molecule has 1 fully saturated rings. The number of Topliss-reactive ketones (excluding diaryl/α,β-unsaturated/α-hetero) is 1. The molecule has 0 saturated carbocycles. The van der Waals surface area contributed by atoms with Crippen LogP contribution in [0.1, 0.15) is 40.5 Å². The molecule has 1 aliphatic heterocycles. The van der Waals surface area contributed by atoms with E-state index in [4.69, 9.17) is 0 Å². The van der Waals surface area contributed by atoms with Crippen LogP contribution >= 0.6 is 0 Å². The maximum atomic E-state index is 12.2. The van der Waals surface area contributed by atoms with Gasteiger partial charge in [0.15, 0.2) is 5.78 Å². The van der Waals surface area contributed by atoms with Crippen LogP contribution in [0.4, 0.5) is 0 Å². The summed E-state index contributed by atoms with van der Waals surface area (Å²) in [6.45, 7) is 11.9. The lowest BCUT2D eigenvalue weighted by Gasteiger charge is -2.29. The standard InChI is InChI=1S/C16H31N3O2/c1-5-19(10-14-6-8-17-9-7-14)11-15(21)18-16(12(2)3)13(4)20/h12,14,16-17H,5-11H2,1-4H3,(H,18,21). The highest BCUT2D eigenvalue weighted by Gasteiger charge is 2.22. The zero-order valence-corrected chi connectivity index (χ0v) is 13.9. The molecule has 0 aromatic heterocycles. The fraction of sp³-hybridized carbons (Fsp3) is 0.875. The van der Waals surface area contributed by atoms with Crippen LogP contribution in [-0.2, 0) is 9.59 Å². The van der Waals surface area contributed by atoms with Crippen molar-refractivity contribution in [3.63, 3.8) is 0 Å². The molecule has 5 heteroatoms. The van der Waals surface area contributed by atoms with Crippen molar-refractivity contribution in [2.45, 2.75) is 46.6 Å². The first-order valence-electron chi connectivity index (χ1n) is 8.16. The zero-order valence-electron chi connectivity index (χ0n) is 13.9. The van der Waals surface area contributed by atoms with E-state index in [1.54, 1.807) is 0 Å². The van der Waals surface area contributed by atoms with E-state index in [2.05, 4.69) is 22.5 Å². The fourth-order valence-electron chi connectivity index (χ4n) is 2.89. The van der Waals surface area contributed by atoms with Crippen molar-refractivity contribution in [1.29, 1.82) is 0 Å². The summed E-state index contributed by atoms with van der Waals surface area (Å²) < 4.78 is 0. The number of nitrogens with one attached hydrogen (secondary N) is 2. The molecule has 0 spiro atoms. The first-order chi connectivity index (χ1) is 9.93. The minimum atomic E-state index is -0.366. The van der Waals surface area contributed by atoms with Crippen molar-refractivity contribution in [3.05, 3.63) is 0 Å². The van der Waals surface area contributed by atoms with Gasteiger partial charge in [-0.25, -0.2) is 0 Å². The molecule has 1 unspecified atom stereocenters. The Kier molecular flexibility index (Phi) is 7.89.